The third-order valence-electron chi connectivity index (χ3n) is 3.09. The standard InChI is InChI=1S/C13H10N6OS3/c1-21-13-17-8-3-2-7-10(11(8)23-13)22-12(16-7)18-9(20)4-19-6-14-5-15-19/h2-3,5-6H,4H2,1H3,(H,16,18,20). The molecule has 1 aromatic carbocycles. The summed E-state index contributed by atoms with van der Waals surface area (Å²) in [4.78, 5) is 24.9. The van der Waals surface area contributed by atoms with Crippen LogP contribution in [0.4, 0.5) is 5.13 Å². The molecule has 0 unspecified atom stereocenters. The summed E-state index contributed by atoms with van der Waals surface area (Å²) in [6.45, 7) is 0.114. The number of carbonyl (C=O) groups excluding carboxylic acids is 1. The average molecular weight is 362 g/mol. The number of anilines is 1. The van der Waals surface area contributed by atoms with E-state index in [9.17, 15) is 4.79 Å². The molecule has 3 heterocycles. The Balaban J connectivity index is 1.64. The van der Waals surface area contributed by atoms with Crippen LogP contribution >= 0.6 is 34.4 Å². The molecule has 0 bridgehead atoms. The van der Waals surface area contributed by atoms with Crippen molar-refractivity contribution >= 4 is 65.9 Å². The monoisotopic (exact) mass is 362 g/mol. The lowest BCUT2D eigenvalue weighted by Gasteiger charge is -2.00. The molecule has 4 rings (SSSR count). The van der Waals surface area contributed by atoms with Crippen LogP contribution < -0.4 is 5.32 Å². The quantitative estimate of drug-likeness (QED) is 0.562. The molecule has 3 aromatic heterocycles. The highest BCUT2D eigenvalue weighted by Crippen LogP contribution is 2.37. The molecule has 0 aliphatic carbocycles. The zero-order valence-electron chi connectivity index (χ0n) is 11.9. The zero-order chi connectivity index (χ0) is 15.8. The molecule has 0 atom stereocenters. The van der Waals surface area contributed by atoms with Crippen LogP contribution in [0.15, 0.2) is 29.1 Å². The zero-order valence-corrected chi connectivity index (χ0v) is 14.3. The van der Waals surface area contributed by atoms with Crippen LogP contribution in [0, 0.1) is 0 Å². The van der Waals surface area contributed by atoms with Crippen molar-refractivity contribution < 1.29 is 4.79 Å². The maximum atomic E-state index is 12.0. The minimum atomic E-state index is -0.181. The van der Waals surface area contributed by atoms with E-state index < -0.39 is 0 Å². The lowest BCUT2D eigenvalue weighted by atomic mass is 10.3. The molecular formula is C13H10N6OS3. The Morgan fingerprint density at radius 1 is 1.26 bits per heavy atom. The van der Waals surface area contributed by atoms with E-state index in [-0.39, 0.29) is 12.5 Å². The van der Waals surface area contributed by atoms with E-state index in [4.69, 9.17) is 0 Å². The van der Waals surface area contributed by atoms with E-state index in [1.165, 1.54) is 28.7 Å². The van der Waals surface area contributed by atoms with Gasteiger partial charge in [-0.15, -0.1) is 11.3 Å². The lowest BCUT2D eigenvalue weighted by Crippen LogP contribution is -2.18. The molecule has 0 aliphatic rings. The molecular weight excluding hydrogens is 352 g/mol. The molecule has 0 spiro atoms. The van der Waals surface area contributed by atoms with E-state index in [1.807, 2.05) is 18.4 Å². The number of hydrogen-bond donors (Lipinski definition) is 1. The van der Waals surface area contributed by atoms with Gasteiger partial charge in [0.25, 0.3) is 0 Å². The fourth-order valence-corrected chi connectivity index (χ4v) is 4.79. The summed E-state index contributed by atoms with van der Waals surface area (Å²) in [5.74, 6) is -0.181. The smallest absolute Gasteiger partial charge is 0.247 e. The average Bonchev–Trinajstić information content (AvgIpc) is 3.23. The second kappa shape index (κ2) is 5.87. The van der Waals surface area contributed by atoms with Gasteiger partial charge in [-0.3, -0.25) is 4.79 Å². The Hall–Kier alpha value is -2.04. The molecule has 1 N–H and O–H groups in total. The van der Waals surface area contributed by atoms with Gasteiger partial charge in [-0.1, -0.05) is 23.1 Å². The molecule has 0 saturated carbocycles. The Labute approximate surface area is 142 Å². The number of carbonyl (C=O) groups is 1. The number of fused-ring (bicyclic) bond motifs is 3. The highest BCUT2D eigenvalue weighted by atomic mass is 32.2. The number of nitrogens with one attached hydrogen (secondary N) is 1. The number of nitrogens with zero attached hydrogens (tertiary/aromatic N) is 5. The van der Waals surface area contributed by atoms with Crippen molar-refractivity contribution in [3.63, 3.8) is 0 Å². The van der Waals surface area contributed by atoms with Crippen molar-refractivity contribution in [1.29, 1.82) is 0 Å². The van der Waals surface area contributed by atoms with Crippen molar-refractivity contribution in [2.45, 2.75) is 10.9 Å². The fourth-order valence-electron chi connectivity index (χ4n) is 2.11. The van der Waals surface area contributed by atoms with Crippen LogP contribution in [0.3, 0.4) is 0 Å². The van der Waals surface area contributed by atoms with Gasteiger partial charge in [-0.05, 0) is 18.4 Å². The van der Waals surface area contributed by atoms with Gasteiger partial charge in [0, 0.05) is 0 Å². The Morgan fingerprint density at radius 3 is 2.78 bits per heavy atom. The minimum absolute atomic E-state index is 0.114. The largest absolute Gasteiger partial charge is 0.300 e. The molecule has 116 valence electrons. The Bertz CT molecular complexity index is 990. The number of thiazole rings is 2. The summed E-state index contributed by atoms with van der Waals surface area (Å²) in [7, 11) is 0. The van der Waals surface area contributed by atoms with Crippen LogP contribution in [-0.2, 0) is 11.3 Å². The van der Waals surface area contributed by atoms with Gasteiger partial charge in [0.1, 0.15) is 19.2 Å². The van der Waals surface area contributed by atoms with Gasteiger partial charge in [0.2, 0.25) is 5.91 Å². The first-order chi connectivity index (χ1) is 11.2. The van der Waals surface area contributed by atoms with Crippen molar-refractivity contribution in [2.24, 2.45) is 0 Å². The van der Waals surface area contributed by atoms with Crippen molar-refractivity contribution in [2.75, 3.05) is 11.6 Å². The van der Waals surface area contributed by atoms with Crippen LogP contribution in [0.25, 0.3) is 20.4 Å². The summed E-state index contributed by atoms with van der Waals surface area (Å²) in [6.07, 6.45) is 4.91. The highest BCUT2D eigenvalue weighted by Gasteiger charge is 2.13. The van der Waals surface area contributed by atoms with E-state index in [0.29, 0.717) is 5.13 Å². The summed E-state index contributed by atoms with van der Waals surface area (Å²) in [5.41, 5.74) is 1.84. The second-order valence-corrected chi connectivity index (χ2v) is 7.66. The predicted octanol–water partition coefficient (Wildman–Crippen LogP) is 2.86. The van der Waals surface area contributed by atoms with E-state index in [0.717, 1.165) is 24.8 Å². The summed E-state index contributed by atoms with van der Waals surface area (Å²) < 4.78 is 4.66. The van der Waals surface area contributed by atoms with Gasteiger partial charge >= 0.3 is 0 Å². The van der Waals surface area contributed by atoms with Gasteiger partial charge < -0.3 is 5.32 Å². The molecule has 0 aliphatic heterocycles. The molecule has 0 radical (unpaired) electrons. The highest BCUT2D eigenvalue weighted by molar-refractivity contribution is 8.00. The number of thioether (sulfide) groups is 1. The molecule has 4 aromatic rings. The number of rotatable bonds is 4. The van der Waals surface area contributed by atoms with Gasteiger partial charge in [-0.25, -0.2) is 19.6 Å². The van der Waals surface area contributed by atoms with Crippen molar-refractivity contribution in [1.82, 2.24) is 24.7 Å². The maximum absolute atomic E-state index is 12.0. The van der Waals surface area contributed by atoms with Crippen LogP contribution in [0.2, 0.25) is 0 Å². The van der Waals surface area contributed by atoms with Crippen LogP contribution in [0.1, 0.15) is 0 Å². The molecule has 23 heavy (non-hydrogen) atoms. The van der Waals surface area contributed by atoms with Gasteiger partial charge in [0.15, 0.2) is 9.47 Å². The number of hydrogen-bond acceptors (Lipinski definition) is 8. The number of aromatic nitrogens is 5. The summed E-state index contributed by atoms with van der Waals surface area (Å²) in [6, 6.07) is 3.90. The first-order valence-electron chi connectivity index (χ1n) is 6.59. The number of benzene rings is 1. The Morgan fingerprint density at radius 2 is 2.04 bits per heavy atom. The number of amides is 1. The molecule has 0 fully saturated rings. The fraction of sp³-hybridized carbons (Fsp3) is 0.154. The lowest BCUT2D eigenvalue weighted by molar-refractivity contribution is -0.116. The summed E-state index contributed by atoms with van der Waals surface area (Å²) in [5, 5.41) is 7.31. The third kappa shape index (κ3) is 2.80. The van der Waals surface area contributed by atoms with E-state index in [2.05, 4.69) is 25.4 Å². The molecule has 7 nitrogen and oxygen atoms in total. The third-order valence-corrected chi connectivity index (χ3v) is 6.29. The van der Waals surface area contributed by atoms with E-state index in [1.54, 1.807) is 23.1 Å². The molecule has 1 amide bonds. The van der Waals surface area contributed by atoms with Gasteiger partial charge in [0.05, 0.1) is 20.4 Å². The maximum Gasteiger partial charge on any atom is 0.247 e. The van der Waals surface area contributed by atoms with Crippen LogP contribution in [0.5, 0.6) is 0 Å². The molecule has 0 saturated heterocycles. The summed E-state index contributed by atoms with van der Waals surface area (Å²) >= 11 is 4.74. The van der Waals surface area contributed by atoms with Crippen molar-refractivity contribution in [3.8, 4) is 0 Å². The minimum Gasteiger partial charge on any atom is -0.300 e. The SMILES string of the molecule is CSc1nc2ccc3nc(NC(=O)Cn4cncn4)sc3c2s1. The predicted molar refractivity (Wildman–Crippen MR) is 93.2 cm³/mol. The van der Waals surface area contributed by atoms with Crippen LogP contribution in [-0.4, -0.2) is 36.9 Å². The molecule has 10 heteroatoms. The first-order valence-corrected chi connectivity index (χ1v) is 9.45. The second-order valence-electron chi connectivity index (χ2n) is 4.61. The Kier molecular flexibility index (Phi) is 3.71. The van der Waals surface area contributed by atoms with Crippen molar-refractivity contribution in [3.05, 3.63) is 24.8 Å². The normalized spacial score (nSPS) is 11.3. The topological polar surface area (TPSA) is 85.6 Å². The first kappa shape index (κ1) is 14.5. The van der Waals surface area contributed by atoms with E-state index >= 15 is 0 Å². The van der Waals surface area contributed by atoms with Gasteiger partial charge in [-0.2, -0.15) is 5.10 Å².